The number of ether oxygens (including phenoxy) is 1. The van der Waals surface area contributed by atoms with Crippen LogP contribution in [0.1, 0.15) is 47.3 Å². The van der Waals surface area contributed by atoms with Gasteiger partial charge in [-0.2, -0.15) is 5.10 Å². The first-order valence-electron chi connectivity index (χ1n) is 11.1. The topological polar surface area (TPSA) is 56.1 Å². The van der Waals surface area contributed by atoms with Crippen molar-refractivity contribution in [2.45, 2.75) is 44.6 Å². The van der Waals surface area contributed by atoms with Gasteiger partial charge in [0.15, 0.2) is 0 Å². The van der Waals surface area contributed by atoms with Gasteiger partial charge in [-0.25, -0.2) is 9.07 Å². The molecule has 1 saturated heterocycles. The van der Waals surface area contributed by atoms with Crippen molar-refractivity contribution in [3.63, 3.8) is 0 Å². The van der Waals surface area contributed by atoms with E-state index in [4.69, 9.17) is 9.84 Å². The molecule has 3 aromatic rings. The van der Waals surface area contributed by atoms with Crippen LogP contribution >= 0.6 is 0 Å². The Hall–Kier alpha value is -2.99. The Morgan fingerprint density at radius 2 is 1.90 bits per heavy atom. The fourth-order valence-corrected chi connectivity index (χ4v) is 4.54. The smallest absolute Gasteiger partial charge is 0.251 e. The number of aromatic nitrogens is 2. The van der Waals surface area contributed by atoms with Crippen molar-refractivity contribution in [2.24, 2.45) is 0 Å². The van der Waals surface area contributed by atoms with E-state index in [0.717, 1.165) is 67.8 Å². The Labute approximate surface area is 181 Å². The van der Waals surface area contributed by atoms with Crippen LogP contribution in [0, 0.1) is 5.82 Å². The van der Waals surface area contributed by atoms with Crippen LogP contribution in [0.25, 0.3) is 16.9 Å². The van der Waals surface area contributed by atoms with E-state index in [1.807, 2.05) is 28.9 Å². The highest BCUT2D eigenvalue weighted by molar-refractivity contribution is 5.94. The molecule has 1 aliphatic heterocycles. The Morgan fingerprint density at radius 1 is 1.10 bits per heavy atom. The summed E-state index contributed by atoms with van der Waals surface area (Å²) < 4.78 is 22.1. The lowest BCUT2D eigenvalue weighted by Crippen LogP contribution is -2.31. The maximum Gasteiger partial charge on any atom is 0.251 e. The zero-order valence-corrected chi connectivity index (χ0v) is 17.4. The number of amides is 1. The fourth-order valence-electron chi connectivity index (χ4n) is 4.54. The standard InChI is InChI=1S/C25H26FN3O2/c26-22-9-3-1-7-20(22)24-21-8-2-4-10-23(21)28-29(24)18-13-11-17(12-14-18)25(30)27-16-19-6-5-15-31-19/h1,3,7,9,11-14,19H,2,4-6,8,10,15-16H2,(H,27,30)/t19-/m1/s1. The van der Waals surface area contributed by atoms with Crippen molar-refractivity contribution in [3.05, 3.63) is 71.2 Å². The average Bonchev–Trinajstić information content (AvgIpc) is 3.46. The van der Waals surface area contributed by atoms with Crippen LogP contribution in [0.3, 0.4) is 0 Å². The van der Waals surface area contributed by atoms with Crippen molar-refractivity contribution in [1.82, 2.24) is 15.1 Å². The predicted octanol–water partition coefficient (Wildman–Crippen LogP) is 4.47. The summed E-state index contributed by atoms with van der Waals surface area (Å²) in [6.07, 6.45) is 6.15. The summed E-state index contributed by atoms with van der Waals surface area (Å²) in [6.45, 7) is 1.30. The van der Waals surface area contributed by atoms with Gasteiger partial charge in [0, 0.05) is 29.8 Å². The van der Waals surface area contributed by atoms with Gasteiger partial charge in [-0.3, -0.25) is 4.79 Å². The monoisotopic (exact) mass is 419 g/mol. The summed E-state index contributed by atoms with van der Waals surface area (Å²) in [5.41, 5.74) is 4.98. The summed E-state index contributed by atoms with van der Waals surface area (Å²) in [5.74, 6) is -0.363. The van der Waals surface area contributed by atoms with Gasteiger partial charge in [-0.15, -0.1) is 0 Å². The number of halogens is 1. The first kappa shape index (κ1) is 19.9. The molecule has 6 heteroatoms. The molecule has 5 rings (SSSR count). The van der Waals surface area contributed by atoms with Crippen LogP contribution in [-0.2, 0) is 17.6 Å². The summed E-state index contributed by atoms with van der Waals surface area (Å²) in [6, 6.07) is 14.2. The van der Waals surface area contributed by atoms with Crippen LogP contribution in [0.4, 0.5) is 4.39 Å². The third kappa shape index (κ3) is 4.00. The zero-order chi connectivity index (χ0) is 21.2. The zero-order valence-electron chi connectivity index (χ0n) is 17.4. The molecule has 160 valence electrons. The molecule has 1 aromatic heterocycles. The van der Waals surface area contributed by atoms with Crippen LogP contribution in [0.15, 0.2) is 48.5 Å². The molecule has 0 radical (unpaired) electrons. The van der Waals surface area contributed by atoms with E-state index in [-0.39, 0.29) is 17.8 Å². The maximum atomic E-state index is 14.7. The van der Waals surface area contributed by atoms with E-state index >= 15 is 0 Å². The van der Waals surface area contributed by atoms with Crippen molar-refractivity contribution in [3.8, 4) is 16.9 Å². The molecule has 0 spiro atoms. The second kappa shape index (κ2) is 8.63. The van der Waals surface area contributed by atoms with Gasteiger partial charge in [0.05, 0.1) is 23.2 Å². The van der Waals surface area contributed by atoms with Gasteiger partial charge in [0.1, 0.15) is 5.82 Å². The molecule has 1 fully saturated rings. The Morgan fingerprint density at radius 3 is 2.68 bits per heavy atom. The van der Waals surface area contributed by atoms with Crippen molar-refractivity contribution < 1.29 is 13.9 Å². The number of fused-ring (bicyclic) bond motifs is 1. The second-order valence-electron chi connectivity index (χ2n) is 8.26. The Bertz CT molecular complexity index is 1080. The van der Waals surface area contributed by atoms with Gasteiger partial charge in [0.25, 0.3) is 5.91 Å². The average molecular weight is 420 g/mol. The number of hydrogen-bond donors (Lipinski definition) is 1. The van der Waals surface area contributed by atoms with Gasteiger partial charge < -0.3 is 10.1 Å². The number of benzene rings is 2. The van der Waals surface area contributed by atoms with Crippen LogP contribution in [0.5, 0.6) is 0 Å². The minimum Gasteiger partial charge on any atom is -0.376 e. The number of carbonyl (C=O) groups is 1. The molecule has 0 bridgehead atoms. The molecule has 0 unspecified atom stereocenters. The molecule has 1 amide bonds. The van der Waals surface area contributed by atoms with E-state index in [2.05, 4.69) is 5.32 Å². The van der Waals surface area contributed by atoms with Crippen molar-refractivity contribution in [1.29, 1.82) is 0 Å². The van der Waals surface area contributed by atoms with Gasteiger partial charge in [-0.1, -0.05) is 12.1 Å². The Kier molecular flexibility index (Phi) is 5.55. The molecule has 1 aliphatic carbocycles. The van der Waals surface area contributed by atoms with Crippen LogP contribution < -0.4 is 5.32 Å². The molecule has 0 saturated carbocycles. The summed E-state index contributed by atoms with van der Waals surface area (Å²) >= 11 is 0. The van der Waals surface area contributed by atoms with E-state index in [9.17, 15) is 9.18 Å². The molecule has 1 N–H and O–H groups in total. The maximum absolute atomic E-state index is 14.7. The highest BCUT2D eigenvalue weighted by atomic mass is 19.1. The molecular formula is C25H26FN3O2. The first-order chi connectivity index (χ1) is 15.2. The SMILES string of the molecule is O=C(NC[C@H]1CCCO1)c1ccc(-n2nc3c(c2-c2ccccc2F)CCCC3)cc1. The number of aryl methyl sites for hydroxylation is 1. The lowest BCUT2D eigenvalue weighted by Gasteiger charge is -2.13. The summed E-state index contributed by atoms with van der Waals surface area (Å²) in [7, 11) is 0. The molecule has 1 atom stereocenters. The molecular weight excluding hydrogens is 393 g/mol. The van der Waals surface area contributed by atoms with Gasteiger partial charge in [0.2, 0.25) is 0 Å². The Balaban J connectivity index is 1.44. The summed E-state index contributed by atoms with van der Waals surface area (Å²) in [5, 5.41) is 7.78. The second-order valence-corrected chi connectivity index (χ2v) is 8.26. The van der Waals surface area contributed by atoms with Crippen LogP contribution in [0.2, 0.25) is 0 Å². The van der Waals surface area contributed by atoms with E-state index < -0.39 is 0 Å². The van der Waals surface area contributed by atoms with Crippen molar-refractivity contribution >= 4 is 5.91 Å². The van der Waals surface area contributed by atoms with E-state index in [0.29, 0.717) is 17.7 Å². The van der Waals surface area contributed by atoms with E-state index in [1.165, 1.54) is 6.07 Å². The molecule has 2 heterocycles. The summed E-state index contributed by atoms with van der Waals surface area (Å²) in [4.78, 5) is 12.5. The predicted molar refractivity (Wildman–Crippen MR) is 117 cm³/mol. The lowest BCUT2D eigenvalue weighted by molar-refractivity contribution is 0.0858. The number of hydrogen-bond acceptors (Lipinski definition) is 3. The number of rotatable bonds is 5. The highest BCUT2D eigenvalue weighted by Gasteiger charge is 2.24. The fraction of sp³-hybridized carbons (Fsp3) is 0.360. The van der Waals surface area contributed by atoms with E-state index in [1.54, 1.807) is 18.2 Å². The third-order valence-electron chi connectivity index (χ3n) is 6.17. The quantitative estimate of drug-likeness (QED) is 0.664. The molecule has 31 heavy (non-hydrogen) atoms. The molecule has 2 aromatic carbocycles. The minimum atomic E-state index is -0.248. The lowest BCUT2D eigenvalue weighted by atomic mass is 9.93. The van der Waals surface area contributed by atoms with Gasteiger partial charge in [-0.05, 0) is 74.9 Å². The number of nitrogens with zero attached hydrogens (tertiary/aromatic N) is 2. The molecule has 2 aliphatic rings. The number of carbonyl (C=O) groups excluding carboxylic acids is 1. The largest absolute Gasteiger partial charge is 0.376 e. The first-order valence-corrected chi connectivity index (χ1v) is 11.1. The normalized spacial score (nSPS) is 18.0. The minimum absolute atomic E-state index is 0.113. The van der Waals surface area contributed by atoms with Crippen LogP contribution in [-0.4, -0.2) is 34.9 Å². The number of nitrogens with one attached hydrogen (secondary N) is 1. The third-order valence-corrected chi connectivity index (χ3v) is 6.17. The van der Waals surface area contributed by atoms with Gasteiger partial charge >= 0.3 is 0 Å². The van der Waals surface area contributed by atoms with Crippen molar-refractivity contribution in [2.75, 3.05) is 13.2 Å². The highest BCUT2D eigenvalue weighted by Crippen LogP contribution is 2.34. The molecule has 5 nitrogen and oxygen atoms in total.